The number of carbonyl (C=O) groups excluding carboxylic acids is 2. The van der Waals surface area contributed by atoms with Crippen LogP contribution in [0.1, 0.15) is 48.4 Å². The third-order valence-electron chi connectivity index (χ3n) is 5.41. The topological polar surface area (TPSA) is 46.6 Å². The summed E-state index contributed by atoms with van der Waals surface area (Å²) in [5.74, 6) is 0.0193. The molecule has 0 bridgehead atoms. The predicted octanol–water partition coefficient (Wildman–Crippen LogP) is 5.04. The van der Waals surface area contributed by atoms with Crippen LogP contribution in [0.2, 0.25) is 5.02 Å². The van der Waals surface area contributed by atoms with Crippen LogP contribution in [0.15, 0.2) is 36.4 Å². The number of hydrogen-bond acceptors (Lipinski definition) is 3. The number of benzene rings is 2. The molecule has 5 heteroatoms. The first-order valence-electron chi connectivity index (χ1n) is 9.53. The Balaban J connectivity index is 1.68. The number of amides is 1. The van der Waals surface area contributed by atoms with Gasteiger partial charge in [0, 0.05) is 11.9 Å². The van der Waals surface area contributed by atoms with Crippen molar-refractivity contribution in [1.82, 2.24) is 0 Å². The predicted molar refractivity (Wildman–Crippen MR) is 111 cm³/mol. The molecule has 1 heterocycles. The van der Waals surface area contributed by atoms with E-state index >= 15 is 0 Å². The van der Waals surface area contributed by atoms with Crippen LogP contribution in [0.3, 0.4) is 0 Å². The fourth-order valence-electron chi connectivity index (χ4n) is 3.85. The summed E-state index contributed by atoms with van der Waals surface area (Å²) in [6, 6.07) is 11.8. The Labute approximate surface area is 169 Å². The van der Waals surface area contributed by atoms with Gasteiger partial charge in [0.25, 0.3) is 0 Å². The zero-order valence-corrected chi connectivity index (χ0v) is 16.7. The number of esters is 1. The van der Waals surface area contributed by atoms with Crippen LogP contribution in [0, 0.1) is 5.92 Å². The van der Waals surface area contributed by atoms with Crippen LogP contribution in [0.5, 0.6) is 0 Å². The minimum absolute atomic E-state index is 0.0222. The van der Waals surface area contributed by atoms with Crippen LogP contribution in [0.4, 0.5) is 5.69 Å². The Morgan fingerprint density at radius 3 is 2.68 bits per heavy atom. The van der Waals surface area contributed by atoms with Gasteiger partial charge in [-0.3, -0.25) is 9.59 Å². The average Bonchev–Trinajstić information content (AvgIpc) is 3.44. The number of hydrogen-bond donors (Lipinski definition) is 0. The molecule has 4 rings (SSSR count). The lowest BCUT2D eigenvalue weighted by atomic mass is 9.97. The van der Waals surface area contributed by atoms with E-state index < -0.39 is 0 Å². The van der Waals surface area contributed by atoms with Crippen molar-refractivity contribution >= 4 is 41.3 Å². The molecule has 0 N–H and O–H groups in total. The normalized spacial score (nSPS) is 19.9. The molecule has 1 amide bonds. The Morgan fingerprint density at radius 2 is 1.93 bits per heavy atom. The number of rotatable bonds is 3. The van der Waals surface area contributed by atoms with Crippen LogP contribution in [-0.4, -0.2) is 18.5 Å². The smallest absolute Gasteiger partial charge is 0.309 e. The third-order valence-corrected chi connectivity index (χ3v) is 5.64. The van der Waals surface area contributed by atoms with Crippen molar-refractivity contribution in [2.45, 2.75) is 32.7 Å². The summed E-state index contributed by atoms with van der Waals surface area (Å²) in [6.45, 7) is 4.29. The van der Waals surface area contributed by atoms with Gasteiger partial charge in [-0.15, -0.1) is 0 Å². The van der Waals surface area contributed by atoms with Crippen molar-refractivity contribution in [3.8, 4) is 0 Å². The molecular weight excluding hydrogens is 374 g/mol. The van der Waals surface area contributed by atoms with E-state index in [-0.39, 0.29) is 23.7 Å². The number of halogens is 1. The average molecular weight is 396 g/mol. The molecule has 0 saturated heterocycles. The van der Waals surface area contributed by atoms with E-state index in [4.69, 9.17) is 16.3 Å². The lowest BCUT2D eigenvalue weighted by molar-refractivity contribution is -0.144. The summed E-state index contributed by atoms with van der Waals surface area (Å²) in [6.07, 6.45) is 4.88. The molecule has 0 aromatic heterocycles. The van der Waals surface area contributed by atoms with Crippen LogP contribution in [-0.2, 0) is 20.9 Å². The monoisotopic (exact) mass is 395 g/mol. The summed E-state index contributed by atoms with van der Waals surface area (Å²) in [7, 11) is 0. The van der Waals surface area contributed by atoms with E-state index in [1.54, 1.807) is 17.9 Å². The van der Waals surface area contributed by atoms with E-state index in [1.807, 2.05) is 25.1 Å². The van der Waals surface area contributed by atoms with Crippen LogP contribution in [0.25, 0.3) is 12.2 Å². The number of anilines is 1. The second-order valence-corrected chi connectivity index (χ2v) is 7.74. The van der Waals surface area contributed by atoms with E-state index in [9.17, 15) is 9.59 Å². The van der Waals surface area contributed by atoms with Crippen molar-refractivity contribution in [1.29, 1.82) is 0 Å². The molecule has 2 aromatic carbocycles. The second kappa shape index (κ2) is 7.44. The van der Waals surface area contributed by atoms with Gasteiger partial charge in [-0.1, -0.05) is 42.0 Å². The molecule has 2 aromatic rings. The summed E-state index contributed by atoms with van der Waals surface area (Å²) in [5.41, 5.74) is 5.03. The van der Waals surface area contributed by atoms with Crippen LogP contribution < -0.4 is 4.90 Å². The van der Waals surface area contributed by atoms with E-state index in [1.165, 1.54) is 0 Å². The Kier molecular flexibility index (Phi) is 4.98. The second-order valence-electron chi connectivity index (χ2n) is 7.30. The van der Waals surface area contributed by atoms with Gasteiger partial charge in [0.2, 0.25) is 5.91 Å². The highest BCUT2D eigenvalue weighted by molar-refractivity contribution is 6.30. The zero-order valence-electron chi connectivity index (χ0n) is 15.9. The lowest BCUT2D eigenvalue weighted by Gasteiger charge is -2.26. The standard InChI is InChI=1S/C23H22ClNO3/c1-3-28-23(27)21-12-20(21)16-6-4-15-5-7-17-11-19(24)8-9-22(17)25(14(2)26)13-18(15)10-16/h4-11,20-21H,3,12-13H2,1-2H3/t20-,21+/m0/s1. The molecule has 2 atom stereocenters. The first kappa shape index (κ1) is 18.8. The largest absolute Gasteiger partial charge is 0.466 e. The van der Waals surface area contributed by atoms with Gasteiger partial charge in [-0.2, -0.15) is 0 Å². The molecule has 1 aliphatic carbocycles. The molecule has 1 fully saturated rings. The van der Waals surface area contributed by atoms with Crippen LogP contribution >= 0.6 is 11.6 Å². The molecule has 0 spiro atoms. The molecule has 1 saturated carbocycles. The van der Waals surface area contributed by atoms with Crippen molar-refractivity contribution in [2.24, 2.45) is 5.92 Å². The van der Waals surface area contributed by atoms with Gasteiger partial charge in [0.1, 0.15) is 0 Å². The molecular formula is C23H22ClNO3. The third kappa shape index (κ3) is 3.57. The maximum atomic E-state index is 12.4. The molecule has 1 aliphatic heterocycles. The van der Waals surface area contributed by atoms with Crippen molar-refractivity contribution in [3.63, 3.8) is 0 Å². The summed E-state index contributed by atoms with van der Waals surface area (Å²) in [5, 5.41) is 0.641. The SMILES string of the molecule is CCOC(=O)[C@@H]1C[C@H]1c1ccc2c(c1)CN(C(C)=O)c1ccc(Cl)cc1C=C2. The van der Waals surface area contributed by atoms with E-state index in [0.717, 1.165) is 34.4 Å². The fraction of sp³-hybridized carbons (Fsp3) is 0.304. The molecule has 144 valence electrons. The minimum Gasteiger partial charge on any atom is -0.466 e. The van der Waals surface area contributed by atoms with Gasteiger partial charge in [0.15, 0.2) is 0 Å². The molecule has 0 unspecified atom stereocenters. The maximum absolute atomic E-state index is 12.4. The first-order chi connectivity index (χ1) is 13.5. The molecule has 0 radical (unpaired) electrons. The number of nitrogens with zero attached hydrogens (tertiary/aromatic N) is 1. The van der Waals surface area contributed by atoms with Gasteiger partial charge < -0.3 is 9.64 Å². The highest BCUT2D eigenvalue weighted by Gasteiger charge is 2.45. The Morgan fingerprint density at radius 1 is 1.14 bits per heavy atom. The Hall–Kier alpha value is -2.59. The number of fused-ring (bicyclic) bond motifs is 2. The molecule has 4 nitrogen and oxygen atoms in total. The van der Waals surface area contributed by atoms with E-state index in [2.05, 4.69) is 24.3 Å². The van der Waals surface area contributed by atoms with Gasteiger partial charge >= 0.3 is 5.97 Å². The number of ether oxygens (including phenoxy) is 1. The minimum atomic E-state index is -0.115. The zero-order chi connectivity index (χ0) is 19.8. The lowest BCUT2D eigenvalue weighted by Crippen LogP contribution is -2.29. The van der Waals surface area contributed by atoms with E-state index in [0.29, 0.717) is 18.2 Å². The van der Waals surface area contributed by atoms with Gasteiger partial charge in [0.05, 0.1) is 24.8 Å². The fourth-order valence-corrected chi connectivity index (χ4v) is 4.03. The Bertz CT molecular complexity index is 982. The number of carbonyl (C=O) groups is 2. The highest BCUT2D eigenvalue weighted by atomic mass is 35.5. The molecule has 2 aliphatic rings. The first-order valence-corrected chi connectivity index (χ1v) is 9.91. The summed E-state index contributed by atoms with van der Waals surface area (Å²) in [4.78, 5) is 26.1. The van der Waals surface area contributed by atoms with Crippen molar-refractivity contribution in [3.05, 3.63) is 63.7 Å². The maximum Gasteiger partial charge on any atom is 0.309 e. The quantitative estimate of drug-likeness (QED) is 0.683. The van der Waals surface area contributed by atoms with Crippen molar-refractivity contribution < 1.29 is 14.3 Å². The summed E-state index contributed by atoms with van der Waals surface area (Å²) < 4.78 is 5.15. The molecule has 28 heavy (non-hydrogen) atoms. The van der Waals surface area contributed by atoms with Gasteiger partial charge in [-0.05, 0) is 59.7 Å². The highest BCUT2D eigenvalue weighted by Crippen LogP contribution is 2.48. The summed E-state index contributed by atoms with van der Waals surface area (Å²) >= 11 is 6.15. The van der Waals surface area contributed by atoms with Crippen molar-refractivity contribution in [2.75, 3.05) is 11.5 Å². The van der Waals surface area contributed by atoms with Gasteiger partial charge in [-0.25, -0.2) is 0 Å².